The van der Waals surface area contributed by atoms with E-state index in [0.29, 0.717) is 12.2 Å². The van der Waals surface area contributed by atoms with Gasteiger partial charge in [-0.3, -0.25) is 4.68 Å². The summed E-state index contributed by atoms with van der Waals surface area (Å²) in [7, 11) is 1.91. The summed E-state index contributed by atoms with van der Waals surface area (Å²) in [5.74, 6) is -0.428. The third kappa shape index (κ3) is 2.34. The van der Waals surface area contributed by atoms with Gasteiger partial charge in [0.1, 0.15) is 5.82 Å². The normalized spacial score (nSPS) is 10.9. The Kier molecular flexibility index (Phi) is 3.32. The van der Waals surface area contributed by atoms with Crippen molar-refractivity contribution in [1.82, 2.24) is 9.78 Å². The van der Waals surface area contributed by atoms with E-state index in [4.69, 9.17) is 11.6 Å². The van der Waals surface area contributed by atoms with Crippen LogP contribution < -0.4 is 5.32 Å². The number of hydrogen-bond donors (Lipinski definition) is 1. The molecule has 3 nitrogen and oxygen atoms in total. The van der Waals surface area contributed by atoms with Crippen molar-refractivity contribution in [3.05, 3.63) is 59.0 Å². The number of halogens is 2. The number of nitrogens with one attached hydrogen (secondary N) is 1. The van der Waals surface area contributed by atoms with Gasteiger partial charge in [0.2, 0.25) is 0 Å². The molecule has 0 radical (unpaired) electrons. The molecule has 3 rings (SSSR count). The molecule has 3 aromatic rings. The van der Waals surface area contributed by atoms with Gasteiger partial charge in [-0.25, -0.2) is 4.39 Å². The van der Waals surface area contributed by atoms with E-state index in [9.17, 15) is 4.39 Å². The molecule has 0 aliphatic carbocycles. The van der Waals surface area contributed by atoms with E-state index in [2.05, 4.69) is 10.4 Å². The van der Waals surface area contributed by atoms with Gasteiger partial charge in [0.05, 0.1) is 22.8 Å². The largest absolute Gasteiger partial charge is 0.379 e. The van der Waals surface area contributed by atoms with Crippen LogP contribution in [0.5, 0.6) is 0 Å². The van der Waals surface area contributed by atoms with Gasteiger partial charge in [-0.05, 0) is 24.3 Å². The number of aromatic nitrogens is 2. The van der Waals surface area contributed by atoms with E-state index >= 15 is 0 Å². The van der Waals surface area contributed by atoms with Crippen LogP contribution in [0.4, 0.5) is 10.1 Å². The summed E-state index contributed by atoms with van der Waals surface area (Å²) in [6, 6.07) is 12.7. The van der Waals surface area contributed by atoms with Gasteiger partial charge < -0.3 is 5.32 Å². The maximum absolute atomic E-state index is 13.4. The van der Waals surface area contributed by atoms with Crippen LogP contribution in [0.1, 0.15) is 5.69 Å². The minimum Gasteiger partial charge on any atom is -0.379 e. The molecule has 0 amide bonds. The standard InChI is InChI=1S/C15H13ClFN3/c1-20-15-5-3-2-4-11(15)14(19-20)9-18-10-6-7-12(16)13(17)8-10/h2-8,18H,9H2,1H3. The SMILES string of the molecule is Cn1nc(CNc2ccc(Cl)c(F)c2)c2ccccc21. The van der Waals surface area contributed by atoms with Crippen molar-refractivity contribution in [2.45, 2.75) is 6.54 Å². The zero-order valence-electron chi connectivity index (χ0n) is 10.9. The summed E-state index contributed by atoms with van der Waals surface area (Å²) < 4.78 is 15.2. The highest BCUT2D eigenvalue weighted by Gasteiger charge is 2.08. The fourth-order valence-corrected chi connectivity index (χ4v) is 2.33. The molecule has 0 unspecified atom stereocenters. The molecule has 5 heteroatoms. The Hall–Kier alpha value is -2.07. The van der Waals surface area contributed by atoms with Crippen molar-refractivity contribution in [2.24, 2.45) is 7.05 Å². The molecule has 1 aromatic heterocycles. The predicted octanol–water partition coefficient (Wildman–Crippen LogP) is 3.98. The first-order valence-electron chi connectivity index (χ1n) is 6.24. The van der Waals surface area contributed by atoms with Crippen LogP contribution >= 0.6 is 11.6 Å². The molecule has 0 aliphatic heterocycles. The molecule has 1 heterocycles. The summed E-state index contributed by atoms with van der Waals surface area (Å²) in [5, 5.41) is 8.86. The second-order valence-corrected chi connectivity index (χ2v) is 4.98. The lowest BCUT2D eigenvalue weighted by atomic mass is 10.2. The fraction of sp³-hybridized carbons (Fsp3) is 0.133. The monoisotopic (exact) mass is 289 g/mol. The van der Waals surface area contributed by atoms with Crippen LogP contribution in [0, 0.1) is 5.82 Å². The highest BCUT2D eigenvalue weighted by atomic mass is 35.5. The average molecular weight is 290 g/mol. The highest BCUT2D eigenvalue weighted by Crippen LogP contribution is 2.21. The van der Waals surface area contributed by atoms with Gasteiger partial charge in [-0.1, -0.05) is 29.8 Å². The predicted molar refractivity (Wildman–Crippen MR) is 79.5 cm³/mol. The molecular formula is C15H13ClFN3. The van der Waals surface area contributed by atoms with Crippen LogP contribution in [0.2, 0.25) is 5.02 Å². The van der Waals surface area contributed by atoms with Crippen molar-refractivity contribution in [2.75, 3.05) is 5.32 Å². The zero-order valence-corrected chi connectivity index (χ0v) is 11.7. The number of rotatable bonds is 3. The summed E-state index contributed by atoms with van der Waals surface area (Å²) in [4.78, 5) is 0. The van der Waals surface area contributed by atoms with Gasteiger partial charge in [0.25, 0.3) is 0 Å². The van der Waals surface area contributed by atoms with Gasteiger partial charge in [0, 0.05) is 18.1 Å². The molecule has 0 saturated carbocycles. The minimum absolute atomic E-state index is 0.124. The Morgan fingerprint density at radius 1 is 1.25 bits per heavy atom. The first kappa shape index (κ1) is 12.9. The van der Waals surface area contributed by atoms with Crippen LogP contribution in [-0.4, -0.2) is 9.78 Å². The number of aryl methyl sites for hydroxylation is 1. The molecule has 2 aromatic carbocycles. The number of fused-ring (bicyclic) bond motifs is 1. The Balaban J connectivity index is 1.85. The van der Waals surface area contributed by atoms with E-state index in [1.165, 1.54) is 12.1 Å². The Morgan fingerprint density at radius 2 is 2.05 bits per heavy atom. The number of nitrogens with zero attached hydrogens (tertiary/aromatic N) is 2. The van der Waals surface area contributed by atoms with E-state index in [1.54, 1.807) is 6.07 Å². The molecule has 0 spiro atoms. The van der Waals surface area contributed by atoms with Crippen LogP contribution in [0.25, 0.3) is 10.9 Å². The van der Waals surface area contributed by atoms with Crippen molar-refractivity contribution in [3.63, 3.8) is 0 Å². The lowest BCUT2D eigenvalue weighted by Crippen LogP contribution is -2.01. The summed E-state index contributed by atoms with van der Waals surface area (Å²) in [6.45, 7) is 0.530. The van der Waals surface area contributed by atoms with Gasteiger partial charge in [-0.15, -0.1) is 0 Å². The second kappa shape index (κ2) is 5.13. The number of hydrogen-bond acceptors (Lipinski definition) is 2. The quantitative estimate of drug-likeness (QED) is 0.790. The zero-order chi connectivity index (χ0) is 14.1. The smallest absolute Gasteiger partial charge is 0.143 e. The molecule has 102 valence electrons. The molecule has 0 fully saturated rings. The summed E-state index contributed by atoms with van der Waals surface area (Å²) in [6.07, 6.45) is 0. The van der Waals surface area contributed by atoms with E-state index in [-0.39, 0.29) is 5.02 Å². The fourth-order valence-electron chi connectivity index (χ4n) is 2.21. The molecular weight excluding hydrogens is 277 g/mol. The van der Waals surface area contributed by atoms with Gasteiger partial charge in [-0.2, -0.15) is 5.10 Å². The Bertz CT molecular complexity index is 767. The number of para-hydroxylation sites is 1. The van der Waals surface area contributed by atoms with Crippen molar-refractivity contribution in [3.8, 4) is 0 Å². The van der Waals surface area contributed by atoms with E-state index < -0.39 is 5.82 Å². The van der Waals surface area contributed by atoms with Crippen LogP contribution in [0.3, 0.4) is 0 Å². The van der Waals surface area contributed by atoms with Crippen LogP contribution in [-0.2, 0) is 13.6 Å². The van der Waals surface area contributed by atoms with E-state index in [0.717, 1.165) is 16.6 Å². The third-order valence-corrected chi connectivity index (χ3v) is 3.52. The lowest BCUT2D eigenvalue weighted by Gasteiger charge is -2.05. The number of anilines is 1. The average Bonchev–Trinajstić information content (AvgIpc) is 2.78. The summed E-state index contributed by atoms with van der Waals surface area (Å²) in [5.41, 5.74) is 2.69. The summed E-state index contributed by atoms with van der Waals surface area (Å²) >= 11 is 5.66. The molecule has 20 heavy (non-hydrogen) atoms. The maximum atomic E-state index is 13.4. The second-order valence-electron chi connectivity index (χ2n) is 4.57. The lowest BCUT2D eigenvalue weighted by molar-refractivity contribution is 0.628. The number of benzene rings is 2. The van der Waals surface area contributed by atoms with Crippen LogP contribution in [0.15, 0.2) is 42.5 Å². The highest BCUT2D eigenvalue weighted by molar-refractivity contribution is 6.30. The maximum Gasteiger partial charge on any atom is 0.143 e. The first-order valence-corrected chi connectivity index (χ1v) is 6.62. The first-order chi connectivity index (χ1) is 9.65. The molecule has 0 saturated heterocycles. The van der Waals surface area contributed by atoms with Gasteiger partial charge >= 0.3 is 0 Å². The third-order valence-electron chi connectivity index (χ3n) is 3.21. The van der Waals surface area contributed by atoms with Crippen molar-refractivity contribution < 1.29 is 4.39 Å². The van der Waals surface area contributed by atoms with Crippen molar-refractivity contribution in [1.29, 1.82) is 0 Å². The topological polar surface area (TPSA) is 29.9 Å². The molecule has 0 bridgehead atoms. The Morgan fingerprint density at radius 3 is 2.85 bits per heavy atom. The Labute approximate surface area is 121 Å². The van der Waals surface area contributed by atoms with E-state index in [1.807, 2.05) is 36.0 Å². The molecule has 0 aliphatic rings. The van der Waals surface area contributed by atoms with Crippen molar-refractivity contribution >= 4 is 28.2 Å². The molecule has 0 atom stereocenters. The minimum atomic E-state index is -0.428. The van der Waals surface area contributed by atoms with Gasteiger partial charge in [0.15, 0.2) is 0 Å². The molecule has 1 N–H and O–H groups in total.